The Kier molecular flexibility index (Phi) is 6.00. The van der Waals surface area contributed by atoms with Gasteiger partial charge < -0.3 is 9.05 Å². The molecule has 1 atom stereocenters. The first-order valence-electron chi connectivity index (χ1n) is 4.73. The Morgan fingerprint density at radius 3 is 2.41 bits per heavy atom. The highest BCUT2D eigenvalue weighted by Gasteiger charge is 2.17. The fourth-order valence-electron chi connectivity index (χ4n) is 0.956. The molecule has 0 aliphatic heterocycles. The lowest BCUT2D eigenvalue weighted by molar-refractivity contribution is 0.312. The molecule has 0 saturated heterocycles. The first-order chi connectivity index (χ1) is 7.85. The Bertz CT molecular complexity index is 458. The van der Waals surface area contributed by atoms with Gasteiger partial charge in [-0.3, -0.25) is 0 Å². The third kappa shape index (κ3) is 4.92. The molecule has 0 amide bonds. The van der Waals surface area contributed by atoms with Crippen molar-refractivity contribution < 1.29 is 9.05 Å². The van der Waals surface area contributed by atoms with Crippen LogP contribution >= 0.6 is 41.4 Å². The van der Waals surface area contributed by atoms with Gasteiger partial charge in [0.1, 0.15) is 5.75 Å². The second-order valence-electron chi connectivity index (χ2n) is 3.16. The minimum atomic E-state index is -2.85. The molecule has 0 aliphatic carbocycles. The van der Waals surface area contributed by atoms with Gasteiger partial charge in [0.15, 0.2) is 0 Å². The molecule has 96 valence electrons. The molecular weight excluding hydrogens is 324 g/mol. The van der Waals surface area contributed by atoms with E-state index in [4.69, 9.17) is 61.2 Å². The molecule has 0 saturated carbocycles. The fourth-order valence-corrected chi connectivity index (χ4v) is 2.96. The van der Waals surface area contributed by atoms with E-state index >= 15 is 0 Å². The van der Waals surface area contributed by atoms with Crippen molar-refractivity contribution >= 4 is 53.3 Å². The zero-order chi connectivity index (χ0) is 13.1. The van der Waals surface area contributed by atoms with Crippen LogP contribution in [0.4, 0.5) is 0 Å². The average molecular weight is 335 g/mol. The van der Waals surface area contributed by atoms with Gasteiger partial charge in [0.25, 0.3) is 0 Å². The van der Waals surface area contributed by atoms with Gasteiger partial charge >= 0.3 is 6.64 Å². The van der Waals surface area contributed by atoms with Gasteiger partial charge in [0.05, 0.1) is 21.7 Å². The summed E-state index contributed by atoms with van der Waals surface area (Å²) < 4.78 is 10.6. The first-order valence-corrected chi connectivity index (χ1v) is 8.57. The van der Waals surface area contributed by atoms with Crippen LogP contribution in [0.3, 0.4) is 0 Å². The Labute approximate surface area is 120 Å². The molecular formula is C9H11Cl3NO2PS. The van der Waals surface area contributed by atoms with Crippen LogP contribution in [0.15, 0.2) is 12.1 Å². The molecule has 17 heavy (non-hydrogen) atoms. The Morgan fingerprint density at radius 1 is 1.24 bits per heavy atom. The van der Waals surface area contributed by atoms with Crippen LogP contribution in [0.1, 0.15) is 13.3 Å². The monoisotopic (exact) mass is 333 g/mol. The molecule has 2 N–H and O–H groups in total. The molecule has 0 radical (unpaired) electrons. The highest BCUT2D eigenvalue weighted by Crippen LogP contribution is 2.45. The summed E-state index contributed by atoms with van der Waals surface area (Å²) in [4.78, 5) is 0. The SMILES string of the molecule is CCCOP(N)(=S)Oc1cc(Cl)c(Cl)cc1Cl. The first kappa shape index (κ1) is 15.5. The van der Waals surface area contributed by atoms with Crippen molar-refractivity contribution in [2.45, 2.75) is 13.3 Å². The minimum Gasteiger partial charge on any atom is -0.431 e. The van der Waals surface area contributed by atoms with E-state index in [2.05, 4.69) is 0 Å². The molecule has 0 heterocycles. The predicted molar refractivity (Wildman–Crippen MR) is 76.8 cm³/mol. The van der Waals surface area contributed by atoms with Crippen LogP contribution in [0.25, 0.3) is 0 Å². The van der Waals surface area contributed by atoms with Crippen molar-refractivity contribution in [3.63, 3.8) is 0 Å². The van der Waals surface area contributed by atoms with Crippen LogP contribution in [0.2, 0.25) is 15.1 Å². The summed E-state index contributed by atoms with van der Waals surface area (Å²) in [5.74, 6) is 0.281. The van der Waals surface area contributed by atoms with Crippen LogP contribution in [0.5, 0.6) is 5.75 Å². The quantitative estimate of drug-likeness (QED) is 0.629. The molecule has 0 bridgehead atoms. The molecule has 1 rings (SSSR count). The van der Waals surface area contributed by atoms with E-state index < -0.39 is 6.64 Å². The van der Waals surface area contributed by atoms with E-state index in [1.54, 1.807) is 0 Å². The molecule has 1 aromatic carbocycles. The van der Waals surface area contributed by atoms with Crippen LogP contribution in [-0.4, -0.2) is 6.61 Å². The molecule has 0 aliphatic rings. The van der Waals surface area contributed by atoms with Crippen LogP contribution in [-0.2, 0) is 16.3 Å². The molecule has 1 aromatic rings. The maximum absolute atomic E-state index is 5.93. The van der Waals surface area contributed by atoms with Crippen LogP contribution < -0.4 is 10.0 Å². The van der Waals surface area contributed by atoms with Crippen LogP contribution in [0, 0.1) is 0 Å². The standard InChI is InChI=1S/C9H11Cl3NO2PS/c1-2-3-14-16(13,17)15-9-5-7(11)6(10)4-8(9)12/h4-5H,2-3H2,1H3,(H2,13,17). The molecule has 0 spiro atoms. The summed E-state index contributed by atoms with van der Waals surface area (Å²) in [5, 5.41) is 0.944. The Balaban J connectivity index is 2.88. The lowest BCUT2D eigenvalue weighted by atomic mass is 10.3. The van der Waals surface area contributed by atoms with Gasteiger partial charge in [-0.15, -0.1) is 0 Å². The third-order valence-electron chi connectivity index (χ3n) is 1.68. The zero-order valence-electron chi connectivity index (χ0n) is 8.95. The predicted octanol–water partition coefficient (Wildman–Crippen LogP) is 4.64. The molecule has 1 unspecified atom stereocenters. The summed E-state index contributed by atoms with van der Waals surface area (Å²) in [7, 11) is 0. The Morgan fingerprint density at radius 2 is 1.82 bits per heavy atom. The number of hydrogen-bond acceptors (Lipinski definition) is 3. The number of halogens is 3. The zero-order valence-corrected chi connectivity index (χ0v) is 12.9. The Hall–Kier alpha value is 0.460. The lowest BCUT2D eigenvalue weighted by Gasteiger charge is -2.18. The smallest absolute Gasteiger partial charge is 0.310 e. The lowest BCUT2D eigenvalue weighted by Crippen LogP contribution is -2.07. The maximum atomic E-state index is 5.93. The van der Waals surface area contributed by atoms with E-state index in [9.17, 15) is 0 Å². The summed E-state index contributed by atoms with van der Waals surface area (Å²) in [6, 6.07) is 2.94. The van der Waals surface area contributed by atoms with Gasteiger partial charge in [0, 0.05) is 6.07 Å². The van der Waals surface area contributed by atoms with Gasteiger partial charge in [0.2, 0.25) is 0 Å². The van der Waals surface area contributed by atoms with Crippen molar-refractivity contribution in [3.8, 4) is 5.75 Å². The number of benzene rings is 1. The van der Waals surface area contributed by atoms with Crippen molar-refractivity contribution in [1.29, 1.82) is 0 Å². The number of hydrogen-bond donors (Lipinski definition) is 1. The van der Waals surface area contributed by atoms with Gasteiger partial charge in [-0.2, -0.15) is 0 Å². The van der Waals surface area contributed by atoms with Gasteiger partial charge in [-0.05, 0) is 24.3 Å². The van der Waals surface area contributed by atoms with E-state index in [0.29, 0.717) is 21.7 Å². The topological polar surface area (TPSA) is 44.5 Å². The summed E-state index contributed by atoms with van der Waals surface area (Å²) in [6.45, 7) is -0.463. The molecule has 8 heteroatoms. The van der Waals surface area contributed by atoms with Crippen molar-refractivity contribution in [3.05, 3.63) is 27.2 Å². The van der Waals surface area contributed by atoms with E-state index in [1.807, 2.05) is 6.92 Å². The van der Waals surface area contributed by atoms with E-state index in [1.165, 1.54) is 12.1 Å². The summed E-state index contributed by atoms with van der Waals surface area (Å²) in [6.07, 6.45) is 0.800. The normalized spacial score (nSPS) is 14.4. The van der Waals surface area contributed by atoms with E-state index in [-0.39, 0.29) is 5.75 Å². The van der Waals surface area contributed by atoms with E-state index in [0.717, 1.165) is 6.42 Å². The van der Waals surface area contributed by atoms with Crippen molar-refractivity contribution in [2.75, 3.05) is 6.61 Å². The van der Waals surface area contributed by atoms with Crippen molar-refractivity contribution in [1.82, 2.24) is 0 Å². The fraction of sp³-hybridized carbons (Fsp3) is 0.333. The largest absolute Gasteiger partial charge is 0.431 e. The maximum Gasteiger partial charge on any atom is 0.310 e. The average Bonchev–Trinajstić information content (AvgIpc) is 2.23. The molecule has 3 nitrogen and oxygen atoms in total. The second-order valence-corrected chi connectivity index (χ2v) is 7.43. The minimum absolute atomic E-state index is 0.281. The summed E-state index contributed by atoms with van der Waals surface area (Å²) >= 11 is 22.6. The van der Waals surface area contributed by atoms with Crippen molar-refractivity contribution in [2.24, 2.45) is 5.50 Å². The highest BCUT2D eigenvalue weighted by molar-refractivity contribution is 8.09. The van der Waals surface area contributed by atoms with Gasteiger partial charge in [-0.1, -0.05) is 41.7 Å². The van der Waals surface area contributed by atoms with Gasteiger partial charge in [-0.25, -0.2) is 5.50 Å². The number of nitrogens with two attached hydrogens (primary N) is 1. The molecule has 0 aromatic heterocycles. The highest BCUT2D eigenvalue weighted by atomic mass is 35.5. The second kappa shape index (κ2) is 6.58. The summed E-state index contributed by atoms with van der Waals surface area (Å²) in [5.41, 5.74) is 5.74. The number of rotatable bonds is 5. The molecule has 0 fully saturated rings. The third-order valence-corrected chi connectivity index (χ3v) is 4.23.